The lowest BCUT2D eigenvalue weighted by atomic mass is 9.81. The van der Waals surface area contributed by atoms with Gasteiger partial charge >= 0.3 is 5.97 Å². The molecule has 3 aliphatic rings. The Morgan fingerprint density at radius 3 is 2.47 bits per heavy atom. The van der Waals surface area contributed by atoms with Gasteiger partial charge in [0.05, 0.1) is 24.0 Å². The van der Waals surface area contributed by atoms with Gasteiger partial charge in [-0.15, -0.1) is 0 Å². The summed E-state index contributed by atoms with van der Waals surface area (Å²) in [6.45, 7) is 0.260. The van der Waals surface area contributed by atoms with Crippen LogP contribution >= 0.6 is 0 Å². The van der Waals surface area contributed by atoms with Crippen molar-refractivity contribution >= 4 is 32.8 Å². The Morgan fingerprint density at radius 1 is 1.03 bits per heavy atom. The number of benzene rings is 2. The molecule has 1 atom stereocenters. The average Bonchev–Trinajstić information content (AvgIpc) is 3.74. The molecular formula is C29H32N2O6S. The molecule has 1 unspecified atom stereocenters. The molecule has 2 N–H and O–H groups in total. The van der Waals surface area contributed by atoms with Crippen LogP contribution < -0.4 is 9.46 Å². The first-order chi connectivity index (χ1) is 18.3. The van der Waals surface area contributed by atoms with Crippen LogP contribution in [0.4, 0.5) is 0 Å². The summed E-state index contributed by atoms with van der Waals surface area (Å²) in [5.74, 6) is -1.18. The Balaban J connectivity index is 1.56. The lowest BCUT2D eigenvalue weighted by molar-refractivity contribution is -0.142. The Labute approximate surface area is 222 Å². The minimum Gasteiger partial charge on any atom is -0.497 e. The highest BCUT2D eigenvalue weighted by Crippen LogP contribution is 2.47. The van der Waals surface area contributed by atoms with E-state index in [1.165, 1.54) is 12.0 Å². The Bertz CT molecular complexity index is 1550. The van der Waals surface area contributed by atoms with Crippen molar-refractivity contribution < 1.29 is 27.9 Å². The second kappa shape index (κ2) is 9.45. The smallest absolute Gasteiger partial charge is 0.308 e. The van der Waals surface area contributed by atoms with Crippen LogP contribution in [0, 0.1) is 5.92 Å². The lowest BCUT2D eigenvalue weighted by Crippen LogP contribution is -2.33. The van der Waals surface area contributed by atoms with E-state index >= 15 is 0 Å². The molecule has 8 nitrogen and oxygen atoms in total. The fourth-order valence-electron chi connectivity index (χ4n) is 6.26. The summed E-state index contributed by atoms with van der Waals surface area (Å²) in [5.41, 5.74) is 5.17. The van der Waals surface area contributed by atoms with Crippen LogP contribution in [0.1, 0.15) is 72.3 Å². The third-order valence-corrected chi connectivity index (χ3v) is 10.2. The molecule has 1 amide bonds. The second-order valence-corrected chi connectivity index (χ2v) is 12.8. The number of carboxylic acids is 1. The summed E-state index contributed by atoms with van der Waals surface area (Å²) in [7, 11) is -2.08. The molecule has 38 heavy (non-hydrogen) atoms. The van der Waals surface area contributed by atoms with Crippen LogP contribution in [0.5, 0.6) is 5.75 Å². The number of amides is 1. The molecule has 9 heteroatoms. The molecule has 0 saturated heterocycles. The Kier molecular flexibility index (Phi) is 6.21. The number of carbonyl (C=O) groups is 2. The lowest BCUT2D eigenvalue weighted by Gasteiger charge is -2.24. The van der Waals surface area contributed by atoms with E-state index in [1.807, 2.05) is 24.3 Å². The predicted octanol–water partition coefficient (Wildman–Crippen LogP) is 4.84. The van der Waals surface area contributed by atoms with Crippen LogP contribution in [0.15, 0.2) is 36.4 Å². The number of sulfonamides is 1. The van der Waals surface area contributed by atoms with Crippen molar-refractivity contribution in [1.82, 2.24) is 9.29 Å². The van der Waals surface area contributed by atoms with Crippen molar-refractivity contribution in [3.63, 3.8) is 0 Å². The van der Waals surface area contributed by atoms with Gasteiger partial charge in [-0.1, -0.05) is 25.3 Å². The molecular weight excluding hydrogens is 504 g/mol. The van der Waals surface area contributed by atoms with E-state index in [0.29, 0.717) is 30.9 Å². The number of methoxy groups -OCH3 is 1. The molecule has 2 fully saturated rings. The third kappa shape index (κ3) is 4.36. The van der Waals surface area contributed by atoms with Gasteiger partial charge in [0.15, 0.2) is 0 Å². The average molecular weight is 537 g/mol. The normalized spacial score (nSPS) is 19.9. The van der Waals surface area contributed by atoms with Crippen molar-refractivity contribution in [3.8, 4) is 17.0 Å². The Morgan fingerprint density at radius 2 is 1.79 bits per heavy atom. The van der Waals surface area contributed by atoms with Crippen LogP contribution in [-0.2, 0) is 27.8 Å². The van der Waals surface area contributed by atoms with Gasteiger partial charge in [0.2, 0.25) is 10.0 Å². The third-order valence-electron chi connectivity index (χ3n) is 8.36. The highest BCUT2D eigenvalue weighted by Gasteiger charge is 2.37. The summed E-state index contributed by atoms with van der Waals surface area (Å²) in [6, 6.07) is 11.2. The number of ether oxygens (including phenoxy) is 1. The summed E-state index contributed by atoms with van der Waals surface area (Å²) >= 11 is 0. The SMILES string of the molecule is COc1ccc2c(c1)CC(C(=O)O)Cn1c-2c(C2CCCCC2)c2ccc(C(=O)NS(=O)(=O)C3CC3)cc21. The first kappa shape index (κ1) is 25.0. The largest absolute Gasteiger partial charge is 0.497 e. The topological polar surface area (TPSA) is 115 Å². The van der Waals surface area contributed by atoms with Gasteiger partial charge in [0.25, 0.3) is 5.91 Å². The van der Waals surface area contributed by atoms with Gasteiger partial charge in [0.1, 0.15) is 5.75 Å². The first-order valence-electron chi connectivity index (χ1n) is 13.4. The monoisotopic (exact) mass is 536 g/mol. The molecule has 1 aliphatic heterocycles. The van der Waals surface area contributed by atoms with E-state index in [2.05, 4.69) is 9.29 Å². The number of carboxylic acid groups (broad SMARTS) is 1. The quantitative estimate of drug-likeness (QED) is 0.466. The van der Waals surface area contributed by atoms with Crippen molar-refractivity contribution in [2.75, 3.05) is 7.11 Å². The summed E-state index contributed by atoms with van der Waals surface area (Å²) in [5, 5.41) is 10.6. The molecule has 2 aromatic carbocycles. The van der Waals surface area contributed by atoms with Crippen LogP contribution in [0.2, 0.25) is 0 Å². The maximum absolute atomic E-state index is 13.0. The van der Waals surface area contributed by atoms with Gasteiger partial charge < -0.3 is 14.4 Å². The molecule has 200 valence electrons. The fourth-order valence-corrected chi connectivity index (χ4v) is 7.56. The van der Waals surface area contributed by atoms with Crippen molar-refractivity contribution in [1.29, 1.82) is 0 Å². The zero-order valence-electron chi connectivity index (χ0n) is 21.4. The van der Waals surface area contributed by atoms with Crippen LogP contribution in [0.3, 0.4) is 0 Å². The maximum atomic E-state index is 13.0. The van der Waals surface area contributed by atoms with Gasteiger partial charge in [-0.05, 0) is 79.5 Å². The number of nitrogens with one attached hydrogen (secondary N) is 1. The van der Waals surface area contributed by atoms with Crippen molar-refractivity contribution in [2.45, 2.75) is 69.1 Å². The number of rotatable bonds is 6. The summed E-state index contributed by atoms with van der Waals surface area (Å²) < 4.78 is 34.6. The highest BCUT2D eigenvalue weighted by molar-refractivity contribution is 7.91. The summed E-state index contributed by atoms with van der Waals surface area (Å²) in [6.07, 6.45) is 7.11. The molecule has 2 aliphatic carbocycles. The number of fused-ring (bicyclic) bond motifs is 5. The zero-order valence-corrected chi connectivity index (χ0v) is 22.2. The van der Waals surface area contributed by atoms with Gasteiger partial charge in [-0.2, -0.15) is 0 Å². The molecule has 0 radical (unpaired) electrons. The number of nitrogens with zero attached hydrogens (tertiary/aromatic N) is 1. The minimum absolute atomic E-state index is 0.253. The molecule has 2 heterocycles. The first-order valence-corrected chi connectivity index (χ1v) is 14.9. The number of aromatic nitrogens is 1. The molecule has 6 rings (SSSR count). The summed E-state index contributed by atoms with van der Waals surface area (Å²) in [4.78, 5) is 25.4. The van der Waals surface area contributed by atoms with Crippen molar-refractivity contribution in [3.05, 3.63) is 53.1 Å². The van der Waals surface area contributed by atoms with Crippen LogP contribution in [-0.4, -0.2) is 42.3 Å². The van der Waals surface area contributed by atoms with E-state index in [4.69, 9.17) is 4.74 Å². The molecule has 3 aromatic rings. The highest BCUT2D eigenvalue weighted by atomic mass is 32.2. The van der Waals surface area contributed by atoms with Crippen LogP contribution in [0.25, 0.3) is 22.2 Å². The standard InChI is InChI=1S/C29H32N2O6S/c1-37-21-8-12-23-19(14-21)13-20(29(33)34)16-31-25-15-18(28(32)30-38(35,36)22-9-10-22)7-11-24(25)26(27(23)31)17-5-3-2-4-6-17/h7-8,11-12,14-15,17,20,22H,2-6,9-10,13,16H2,1H3,(H,30,32)(H,33,34). The number of hydrogen-bond donors (Lipinski definition) is 2. The number of hydrogen-bond acceptors (Lipinski definition) is 5. The molecule has 2 saturated carbocycles. The van der Waals surface area contributed by atoms with Gasteiger partial charge in [-0.3, -0.25) is 9.59 Å². The fraction of sp³-hybridized carbons (Fsp3) is 0.448. The maximum Gasteiger partial charge on any atom is 0.308 e. The van der Waals surface area contributed by atoms with Gasteiger partial charge in [-0.25, -0.2) is 13.1 Å². The minimum atomic E-state index is -3.69. The molecule has 1 aromatic heterocycles. The molecule has 0 bridgehead atoms. The van der Waals surface area contributed by atoms with Crippen molar-refractivity contribution in [2.24, 2.45) is 5.92 Å². The van der Waals surface area contributed by atoms with E-state index in [-0.39, 0.29) is 12.1 Å². The predicted molar refractivity (Wildman–Crippen MR) is 144 cm³/mol. The van der Waals surface area contributed by atoms with E-state index in [0.717, 1.165) is 53.4 Å². The zero-order chi connectivity index (χ0) is 26.6. The number of carbonyl (C=O) groups excluding carboxylic acids is 1. The second-order valence-electron chi connectivity index (χ2n) is 10.9. The van der Waals surface area contributed by atoms with E-state index in [1.54, 1.807) is 19.2 Å². The van der Waals surface area contributed by atoms with E-state index < -0.39 is 33.1 Å². The number of aliphatic carboxylic acids is 1. The van der Waals surface area contributed by atoms with Gasteiger partial charge in [0, 0.05) is 28.6 Å². The van der Waals surface area contributed by atoms with E-state index in [9.17, 15) is 23.1 Å². The Hall–Kier alpha value is -3.33. The molecule has 0 spiro atoms.